The van der Waals surface area contributed by atoms with E-state index in [4.69, 9.17) is 4.42 Å². The van der Waals surface area contributed by atoms with Crippen LogP contribution >= 0.6 is 0 Å². The van der Waals surface area contributed by atoms with Crippen molar-refractivity contribution in [3.05, 3.63) is 54.9 Å². The molecule has 0 spiro atoms. The highest BCUT2D eigenvalue weighted by Crippen LogP contribution is 2.22. The summed E-state index contributed by atoms with van der Waals surface area (Å²) < 4.78 is 7.28. The molecule has 1 aromatic carbocycles. The lowest BCUT2D eigenvalue weighted by Gasteiger charge is -2.15. The Balaban J connectivity index is 1.74. The summed E-state index contributed by atoms with van der Waals surface area (Å²) in [6.45, 7) is 2.09. The van der Waals surface area contributed by atoms with Gasteiger partial charge in [0, 0.05) is 30.7 Å². The second-order valence-electron chi connectivity index (χ2n) is 4.68. The van der Waals surface area contributed by atoms with Crippen molar-refractivity contribution in [1.82, 2.24) is 14.5 Å². The summed E-state index contributed by atoms with van der Waals surface area (Å²) in [4.78, 5) is 8.47. The van der Waals surface area contributed by atoms with Crippen LogP contribution in [0.25, 0.3) is 11.5 Å². The molecule has 0 fully saturated rings. The van der Waals surface area contributed by atoms with Crippen LogP contribution < -0.4 is 5.32 Å². The number of benzene rings is 1. The summed E-state index contributed by atoms with van der Waals surface area (Å²) in [7, 11) is 1.99. The van der Waals surface area contributed by atoms with Gasteiger partial charge in [0.25, 0.3) is 0 Å². The predicted molar refractivity (Wildman–Crippen MR) is 77.2 cm³/mol. The fourth-order valence-corrected chi connectivity index (χ4v) is 2.18. The van der Waals surface area contributed by atoms with Crippen molar-refractivity contribution in [2.45, 2.75) is 13.0 Å². The lowest BCUT2D eigenvalue weighted by Crippen LogP contribution is -2.11. The zero-order chi connectivity index (χ0) is 13.9. The molecule has 5 heteroatoms. The second kappa shape index (κ2) is 5.21. The minimum Gasteiger partial charge on any atom is -0.445 e. The average Bonchev–Trinajstić information content (AvgIpc) is 3.10. The van der Waals surface area contributed by atoms with E-state index in [1.54, 1.807) is 18.7 Å². The van der Waals surface area contributed by atoms with Gasteiger partial charge < -0.3 is 14.3 Å². The number of aromatic nitrogens is 3. The highest BCUT2D eigenvalue weighted by Gasteiger charge is 2.10. The van der Waals surface area contributed by atoms with Crippen molar-refractivity contribution in [3.63, 3.8) is 0 Å². The first-order valence-corrected chi connectivity index (χ1v) is 6.48. The van der Waals surface area contributed by atoms with Gasteiger partial charge in [-0.15, -0.1) is 0 Å². The van der Waals surface area contributed by atoms with Gasteiger partial charge in [-0.3, -0.25) is 0 Å². The number of rotatable bonds is 4. The van der Waals surface area contributed by atoms with Crippen molar-refractivity contribution >= 4 is 5.69 Å². The first kappa shape index (κ1) is 12.5. The molecule has 2 aromatic heterocycles. The lowest BCUT2D eigenvalue weighted by atomic mass is 10.2. The summed E-state index contributed by atoms with van der Waals surface area (Å²) in [6, 6.07) is 8.14. The van der Waals surface area contributed by atoms with Crippen LogP contribution in [-0.4, -0.2) is 14.5 Å². The highest BCUT2D eigenvalue weighted by atomic mass is 16.3. The molecule has 0 saturated heterocycles. The Hall–Kier alpha value is -2.56. The molecule has 5 nitrogen and oxygen atoms in total. The van der Waals surface area contributed by atoms with Crippen molar-refractivity contribution < 1.29 is 4.42 Å². The topological polar surface area (TPSA) is 55.9 Å². The van der Waals surface area contributed by atoms with E-state index in [0.717, 1.165) is 17.1 Å². The van der Waals surface area contributed by atoms with Crippen molar-refractivity contribution in [3.8, 4) is 11.5 Å². The molecular weight excluding hydrogens is 252 g/mol. The molecule has 3 rings (SSSR count). The van der Waals surface area contributed by atoms with Crippen LogP contribution in [0.5, 0.6) is 0 Å². The maximum absolute atomic E-state index is 5.27. The summed E-state index contributed by atoms with van der Waals surface area (Å²) >= 11 is 0. The average molecular weight is 268 g/mol. The van der Waals surface area contributed by atoms with Crippen molar-refractivity contribution in [2.75, 3.05) is 5.32 Å². The quantitative estimate of drug-likeness (QED) is 0.789. The van der Waals surface area contributed by atoms with Gasteiger partial charge in [-0.2, -0.15) is 0 Å². The molecule has 2 heterocycles. The number of imidazole rings is 1. The number of anilines is 1. The molecule has 3 aromatic rings. The fraction of sp³-hybridized carbons (Fsp3) is 0.200. The van der Waals surface area contributed by atoms with Crippen LogP contribution in [0, 0.1) is 0 Å². The molecule has 1 atom stereocenters. The maximum atomic E-state index is 5.27. The minimum atomic E-state index is 0.141. The van der Waals surface area contributed by atoms with Gasteiger partial charge >= 0.3 is 0 Å². The van der Waals surface area contributed by atoms with Gasteiger partial charge in [0.1, 0.15) is 12.1 Å². The number of aryl methyl sites for hydroxylation is 1. The number of nitrogens with one attached hydrogen (secondary N) is 1. The Bertz CT molecular complexity index is 670. The van der Waals surface area contributed by atoms with Gasteiger partial charge in [0.15, 0.2) is 0 Å². The third-order valence-electron chi connectivity index (χ3n) is 3.19. The molecular formula is C15H16N4O. The standard InChI is InChI=1S/C15H16N4O/c1-11(14-16-7-9-19(14)2)18-13-5-3-12(4-6-13)15-17-8-10-20-15/h3-11,18H,1-2H3/t11-/m1/s1. The van der Waals surface area contributed by atoms with E-state index in [0.29, 0.717) is 5.89 Å². The van der Waals surface area contributed by atoms with Crippen LogP contribution in [0.3, 0.4) is 0 Å². The number of oxazole rings is 1. The van der Waals surface area contributed by atoms with Gasteiger partial charge in [-0.05, 0) is 31.2 Å². The van der Waals surface area contributed by atoms with Gasteiger partial charge in [0.2, 0.25) is 5.89 Å². The summed E-state index contributed by atoms with van der Waals surface area (Å²) in [5, 5.41) is 3.42. The smallest absolute Gasteiger partial charge is 0.225 e. The summed E-state index contributed by atoms with van der Waals surface area (Å²) in [6.07, 6.45) is 6.97. The van der Waals surface area contributed by atoms with Crippen molar-refractivity contribution in [2.24, 2.45) is 7.05 Å². The Morgan fingerprint density at radius 2 is 1.95 bits per heavy atom. The van der Waals surface area contributed by atoms with E-state index in [-0.39, 0.29) is 6.04 Å². The summed E-state index contributed by atoms with van der Waals surface area (Å²) in [5.74, 6) is 1.63. The SMILES string of the molecule is C[C@@H](Nc1ccc(-c2ncco2)cc1)c1nccn1C. The minimum absolute atomic E-state index is 0.141. The number of nitrogens with zero attached hydrogens (tertiary/aromatic N) is 3. The molecule has 0 unspecified atom stereocenters. The molecule has 0 bridgehead atoms. The fourth-order valence-electron chi connectivity index (χ4n) is 2.18. The van der Waals surface area contributed by atoms with E-state index in [1.807, 2.05) is 42.1 Å². The third kappa shape index (κ3) is 2.42. The largest absolute Gasteiger partial charge is 0.445 e. The molecule has 0 saturated carbocycles. The molecule has 0 aliphatic heterocycles. The summed E-state index contributed by atoms with van der Waals surface area (Å²) in [5.41, 5.74) is 2.00. The van der Waals surface area contributed by atoms with E-state index in [1.165, 1.54) is 0 Å². The van der Waals surface area contributed by atoms with Gasteiger partial charge in [0.05, 0.1) is 12.2 Å². The third-order valence-corrected chi connectivity index (χ3v) is 3.19. The van der Waals surface area contributed by atoms with Gasteiger partial charge in [-0.1, -0.05) is 0 Å². The van der Waals surface area contributed by atoms with Crippen LogP contribution in [0.2, 0.25) is 0 Å². The second-order valence-corrected chi connectivity index (χ2v) is 4.68. The lowest BCUT2D eigenvalue weighted by molar-refractivity contribution is 0.574. The highest BCUT2D eigenvalue weighted by molar-refractivity contribution is 5.58. The Labute approximate surface area is 117 Å². The van der Waals surface area contributed by atoms with E-state index in [9.17, 15) is 0 Å². The first-order valence-electron chi connectivity index (χ1n) is 6.48. The van der Waals surface area contributed by atoms with Crippen LogP contribution in [0.1, 0.15) is 18.8 Å². The Morgan fingerprint density at radius 1 is 1.15 bits per heavy atom. The van der Waals surface area contributed by atoms with Crippen LogP contribution in [0.4, 0.5) is 5.69 Å². The normalized spacial score (nSPS) is 12.3. The first-order chi connectivity index (χ1) is 9.74. The zero-order valence-electron chi connectivity index (χ0n) is 11.4. The van der Waals surface area contributed by atoms with E-state index < -0.39 is 0 Å². The van der Waals surface area contributed by atoms with Crippen LogP contribution in [0.15, 0.2) is 53.5 Å². The molecule has 20 heavy (non-hydrogen) atoms. The molecule has 0 aliphatic carbocycles. The number of hydrogen-bond donors (Lipinski definition) is 1. The monoisotopic (exact) mass is 268 g/mol. The molecule has 0 amide bonds. The van der Waals surface area contributed by atoms with Gasteiger partial charge in [-0.25, -0.2) is 9.97 Å². The van der Waals surface area contributed by atoms with Crippen molar-refractivity contribution in [1.29, 1.82) is 0 Å². The molecule has 0 aliphatic rings. The maximum Gasteiger partial charge on any atom is 0.225 e. The van der Waals surface area contributed by atoms with E-state index in [2.05, 4.69) is 22.2 Å². The Kier molecular flexibility index (Phi) is 3.25. The zero-order valence-corrected chi connectivity index (χ0v) is 11.4. The van der Waals surface area contributed by atoms with Crippen LogP contribution in [-0.2, 0) is 7.05 Å². The predicted octanol–water partition coefficient (Wildman–Crippen LogP) is 3.25. The number of hydrogen-bond acceptors (Lipinski definition) is 4. The molecule has 1 N–H and O–H groups in total. The Morgan fingerprint density at radius 3 is 2.55 bits per heavy atom. The molecule has 0 radical (unpaired) electrons. The van der Waals surface area contributed by atoms with E-state index >= 15 is 0 Å². The molecule has 102 valence electrons.